The molecule has 0 aromatic carbocycles. The van der Waals surface area contributed by atoms with E-state index in [4.69, 9.17) is 4.74 Å². The highest BCUT2D eigenvalue weighted by molar-refractivity contribution is 5.95. The number of aryl methyl sites for hydroxylation is 1. The smallest absolute Gasteiger partial charge is 0.255 e. The van der Waals surface area contributed by atoms with Crippen molar-refractivity contribution in [2.45, 2.75) is 39.2 Å². The maximum atomic E-state index is 12.8. The zero-order valence-corrected chi connectivity index (χ0v) is 14.4. The highest BCUT2D eigenvalue weighted by Crippen LogP contribution is 2.20. The lowest BCUT2D eigenvalue weighted by Crippen LogP contribution is -2.31. The highest BCUT2D eigenvalue weighted by Gasteiger charge is 2.29. The van der Waals surface area contributed by atoms with Crippen LogP contribution in [-0.2, 0) is 0 Å². The van der Waals surface area contributed by atoms with E-state index in [0.717, 1.165) is 17.8 Å². The molecule has 2 aromatic rings. The molecule has 5 nitrogen and oxygen atoms in total. The van der Waals surface area contributed by atoms with Gasteiger partial charge in [0.2, 0.25) is 5.88 Å². The largest absolute Gasteiger partial charge is 0.472 e. The van der Waals surface area contributed by atoms with Gasteiger partial charge in [0, 0.05) is 30.9 Å². The van der Waals surface area contributed by atoms with Crippen LogP contribution in [0.2, 0.25) is 0 Å². The van der Waals surface area contributed by atoms with Gasteiger partial charge in [-0.2, -0.15) is 0 Å². The Morgan fingerprint density at radius 2 is 2.12 bits per heavy atom. The summed E-state index contributed by atoms with van der Waals surface area (Å²) < 4.78 is 5.85. The molecule has 0 bridgehead atoms. The molecule has 1 amide bonds. The summed E-state index contributed by atoms with van der Waals surface area (Å²) in [5, 5.41) is 0. The Bertz CT molecular complexity index is 716. The van der Waals surface area contributed by atoms with E-state index in [1.54, 1.807) is 6.20 Å². The van der Waals surface area contributed by atoms with Gasteiger partial charge in [-0.3, -0.25) is 9.78 Å². The summed E-state index contributed by atoms with van der Waals surface area (Å²) >= 11 is 0. The Hall–Kier alpha value is -2.43. The molecule has 1 aliphatic heterocycles. The second kappa shape index (κ2) is 6.99. The monoisotopic (exact) mass is 325 g/mol. The third-order valence-corrected chi connectivity index (χ3v) is 4.29. The maximum Gasteiger partial charge on any atom is 0.255 e. The SMILES string of the molecule is Cc1nc(C(C)C)ccc1C(=O)N1CCC(Oc2ccccn2)C1. The molecule has 1 fully saturated rings. The standard InChI is InChI=1S/C19H23N3O2/c1-13(2)17-8-7-16(14(3)21-17)19(23)22-11-9-15(12-22)24-18-6-4-5-10-20-18/h4-8,10,13,15H,9,11-12H2,1-3H3. The second-order valence-corrected chi connectivity index (χ2v) is 6.47. The number of aromatic nitrogens is 2. The fourth-order valence-electron chi connectivity index (χ4n) is 2.89. The molecule has 2 aromatic heterocycles. The van der Waals surface area contributed by atoms with Crippen molar-refractivity contribution in [3.8, 4) is 5.88 Å². The predicted molar refractivity (Wildman–Crippen MR) is 92.2 cm³/mol. The Kier molecular flexibility index (Phi) is 4.79. The van der Waals surface area contributed by atoms with Gasteiger partial charge in [0.25, 0.3) is 5.91 Å². The van der Waals surface area contributed by atoms with Crippen molar-refractivity contribution in [2.75, 3.05) is 13.1 Å². The molecular weight excluding hydrogens is 302 g/mol. The van der Waals surface area contributed by atoms with Crippen LogP contribution in [-0.4, -0.2) is 40.0 Å². The van der Waals surface area contributed by atoms with Gasteiger partial charge in [-0.1, -0.05) is 19.9 Å². The Balaban J connectivity index is 1.66. The van der Waals surface area contributed by atoms with Crippen LogP contribution in [0.25, 0.3) is 0 Å². The molecule has 1 atom stereocenters. The highest BCUT2D eigenvalue weighted by atomic mass is 16.5. The quantitative estimate of drug-likeness (QED) is 0.866. The van der Waals surface area contributed by atoms with Crippen LogP contribution in [0.15, 0.2) is 36.5 Å². The topological polar surface area (TPSA) is 55.3 Å². The molecule has 24 heavy (non-hydrogen) atoms. The number of likely N-dealkylation sites (tertiary alicyclic amines) is 1. The normalized spacial score (nSPS) is 17.3. The minimum Gasteiger partial charge on any atom is -0.472 e. The number of nitrogens with zero attached hydrogens (tertiary/aromatic N) is 3. The van der Waals surface area contributed by atoms with Crippen LogP contribution in [0.5, 0.6) is 5.88 Å². The lowest BCUT2D eigenvalue weighted by molar-refractivity contribution is 0.0770. The number of rotatable bonds is 4. The summed E-state index contributed by atoms with van der Waals surface area (Å²) in [4.78, 5) is 23.3. The van der Waals surface area contributed by atoms with Gasteiger partial charge in [0.15, 0.2) is 0 Å². The lowest BCUT2D eigenvalue weighted by Gasteiger charge is -2.18. The summed E-state index contributed by atoms with van der Waals surface area (Å²) in [5.74, 6) is 0.995. The molecule has 3 rings (SSSR count). The van der Waals surface area contributed by atoms with Crippen LogP contribution in [0.3, 0.4) is 0 Å². The average molecular weight is 325 g/mol. The Morgan fingerprint density at radius 1 is 1.29 bits per heavy atom. The fraction of sp³-hybridized carbons (Fsp3) is 0.421. The molecule has 1 unspecified atom stereocenters. The van der Waals surface area contributed by atoms with Crippen molar-refractivity contribution in [1.29, 1.82) is 0 Å². The van der Waals surface area contributed by atoms with Crippen molar-refractivity contribution >= 4 is 5.91 Å². The average Bonchev–Trinajstić information content (AvgIpc) is 3.03. The number of hydrogen-bond donors (Lipinski definition) is 0. The summed E-state index contributed by atoms with van der Waals surface area (Å²) in [5.41, 5.74) is 2.49. The maximum absolute atomic E-state index is 12.8. The van der Waals surface area contributed by atoms with Crippen LogP contribution >= 0.6 is 0 Å². The molecular formula is C19H23N3O2. The number of hydrogen-bond acceptors (Lipinski definition) is 4. The van der Waals surface area contributed by atoms with Crippen molar-refractivity contribution in [3.63, 3.8) is 0 Å². The van der Waals surface area contributed by atoms with Crippen molar-refractivity contribution in [2.24, 2.45) is 0 Å². The van der Waals surface area contributed by atoms with E-state index < -0.39 is 0 Å². The van der Waals surface area contributed by atoms with Gasteiger partial charge in [0.05, 0.1) is 17.8 Å². The molecule has 0 N–H and O–H groups in total. The lowest BCUT2D eigenvalue weighted by atomic mass is 10.1. The molecule has 5 heteroatoms. The van der Waals surface area contributed by atoms with Gasteiger partial charge in [-0.25, -0.2) is 4.98 Å². The molecule has 126 valence electrons. The first-order valence-corrected chi connectivity index (χ1v) is 8.39. The minimum absolute atomic E-state index is 0.00736. The summed E-state index contributed by atoms with van der Waals surface area (Å²) in [6.45, 7) is 7.38. The molecule has 0 saturated carbocycles. The Labute approximate surface area is 142 Å². The van der Waals surface area contributed by atoms with Crippen molar-refractivity contribution in [3.05, 3.63) is 53.5 Å². The third-order valence-electron chi connectivity index (χ3n) is 4.29. The van der Waals surface area contributed by atoms with Crippen LogP contribution in [0.1, 0.15) is 47.9 Å². The van der Waals surface area contributed by atoms with E-state index in [2.05, 4.69) is 23.8 Å². The van der Waals surface area contributed by atoms with Gasteiger partial charge in [-0.15, -0.1) is 0 Å². The first kappa shape index (κ1) is 16.4. The number of carbonyl (C=O) groups excluding carboxylic acids is 1. The van der Waals surface area contributed by atoms with E-state index in [9.17, 15) is 4.79 Å². The van der Waals surface area contributed by atoms with E-state index in [1.807, 2.05) is 42.2 Å². The van der Waals surface area contributed by atoms with E-state index in [1.165, 1.54) is 0 Å². The molecule has 1 saturated heterocycles. The minimum atomic E-state index is -0.00736. The first-order valence-electron chi connectivity index (χ1n) is 8.39. The number of pyridine rings is 2. The van der Waals surface area contributed by atoms with Gasteiger partial charge in [-0.05, 0) is 31.0 Å². The molecule has 0 aliphatic carbocycles. The molecule has 3 heterocycles. The predicted octanol–water partition coefficient (Wildman–Crippen LogP) is 3.20. The van der Waals surface area contributed by atoms with Crippen molar-refractivity contribution < 1.29 is 9.53 Å². The van der Waals surface area contributed by atoms with E-state index >= 15 is 0 Å². The van der Waals surface area contributed by atoms with E-state index in [0.29, 0.717) is 30.5 Å². The van der Waals surface area contributed by atoms with Crippen LogP contribution in [0, 0.1) is 6.92 Å². The fourth-order valence-corrected chi connectivity index (χ4v) is 2.89. The van der Waals surface area contributed by atoms with Gasteiger partial charge < -0.3 is 9.64 Å². The zero-order chi connectivity index (χ0) is 17.1. The molecule has 1 aliphatic rings. The van der Waals surface area contributed by atoms with Crippen LogP contribution < -0.4 is 4.74 Å². The van der Waals surface area contributed by atoms with Crippen LogP contribution in [0.4, 0.5) is 0 Å². The van der Waals surface area contributed by atoms with Gasteiger partial charge >= 0.3 is 0 Å². The second-order valence-electron chi connectivity index (χ2n) is 6.47. The third kappa shape index (κ3) is 3.55. The number of amides is 1. The summed E-state index contributed by atoms with van der Waals surface area (Å²) in [6.07, 6.45) is 2.52. The summed E-state index contributed by atoms with van der Waals surface area (Å²) in [7, 11) is 0. The van der Waals surface area contributed by atoms with Crippen molar-refractivity contribution in [1.82, 2.24) is 14.9 Å². The molecule has 0 spiro atoms. The number of carbonyl (C=O) groups is 1. The molecule has 0 radical (unpaired) electrons. The number of ether oxygens (including phenoxy) is 1. The first-order chi connectivity index (χ1) is 11.5. The van der Waals surface area contributed by atoms with E-state index in [-0.39, 0.29) is 12.0 Å². The zero-order valence-electron chi connectivity index (χ0n) is 14.4. The summed E-state index contributed by atoms with van der Waals surface area (Å²) in [6, 6.07) is 9.43. The van der Waals surface area contributed by atoms with Gasteiger partial charge in [0.1, 0.15) is 6.10 Å². The Morgan fingerprint density at radius 3 is 2.79 bits per heavy atom.